The van der Waals surface area contributed by atoms with Crippen LogP contribution in [0.3, 0.4) is 0 Å². The van der Waals surface area contributed by atoms with Crippen LogP contribution in [0.2, 0.25) is 0 Å². The molecule has 7 N–H and O–H groups in total. The largest absolute Gasteiger partial charge is 0.394 e. The molecule has 1 aliphatic rings. The summed E-state index contributed by atoms with van der Waals surface area (Å²) in [6, 6.07) is -0.994. The second-order valence-electron chi connectivity index (χ2n) is 4.59. The van der Waals surface area contributed by atoms with Crippen molar-refractivity contribution in [3.63, 3.8) is 0 Å². The summed E-state index contributed by atoms with van der Waals surface area (Å²) in [5, 5.41) is 45.1. The van der Waals surface area contributed by atoms with Gasteiger partial charge < -0.3 is 36.0 Å². The molecule has 1 saturated heterocycles. The number of likely N-dealkylation sites (N-methyl/N-ethyl adjacent to an activating group) is 1. The molecule has 1 aliphatic heterocycles. The molecule has 0 radical (unpaired) electrons. The van der Waals surface area contributed by atoms with Crippen molar-refractivity contribution in [3.8, 4) is 0 Å². The number of aliphatic hydroxyl groups excluding tert-OH is 4. The van der Waals surface area contributed by atoms with Gasteiger partial charge in [-0.15, -0.1) is 12.4 Å². The van der Waals surface area contributed by atoms with E-state index in [1.807, 2.05) is 0 Å². The molecule has 0 spiro atoms. The van der Waals surface area contributed by atoms with Gasteiger partial charge in [0.1, 0.15) is 18.3 Å². The lowest BCUT2D eigenvalue weighted by atomic mass is 9.94. The number of hydrogen-bond donors (Lipinski definition) is 6. The Hall–Kier alpha value is -1.13. The number of hydrogen-bond acceptors (Lipinski definition) is 6. The van der Waals surface area contributed by atoms with Crippen LogP contribution in [0.25, 0.3) is 0 Å². The highest BCUT2D eigenvalue weighted by Gasteiger charge is 2.43. The average Bonchev–Trinajstić information content (AvgIpc) is 2.35. The Morgan fingerprint density at radius 1 is 1.40 bits per heavy atom. The molecule has 1 amide bonds. The number of nitrogens with two attached hydrogens (primary N) is 1. The quantitative estimate of drug-likeness (QED) is 0.233. The molecule has 0 aromatic carbocycles. The van der Waals surface area contributed by atoms with E-state index in [1.165, 1.54) is 11.9 Å². The third kappa shape index (κ3) is 3.93. The molecular formula is C10H21ClN4O5. The average molecular weight is 313 g/mol. The van der Waals surface area contributed by atoms with Crippen molar-refractivity contribution in [1.29, 1.82) is 5.41 Å². The summed E-state index contributed by atoms with van der Waals surface area (Å²) in [6.07, 6.45) is -4.13. The predicted molar refractivity (Wildman–Crippen MR) is 72.4 cm³/mol. The lowest BCUT2D eigenvalue weighted by molar-refractivity contribution is -0.166. The van der Waals surface area contributed by atoms with Gasteiger partial charge in [-0.2, -0.15) is 0 Å². The third-order valence-corrected chi connectivity index (χ3v) is 3.21. The van der Waals surface area contributed by atoms with Crippen LogP contribution >= 0.6 is 12.4 Å². The minimum atomic E-state index is -1.43. The minimum absolute atomic E-state index is 0. The zero-order chi connectivity index (χ0) is 14.7. The summed E-state index contributed by atoms with van der Waals surface area (Å²) in [4.78, 5) is 14.3. The Morgan fingerprint density at radius 2 is 1.95 bits per heavy atom. The van der Waals surface area contributed by atoms with Gasteiger partial charge in [-0.25, -0.2) is 0 Å². The summed E-state index contributed by atoms with van der Waals surface area (Å²) in [5.74, 6) is -0.811. The van der Waals surface area contributed by atoms with E-state index in [-0.39, 0.29) is 31.5 Å². The number of nitrogens with zero attached hydrogens (tertiary/aromatic N) is 2. The van der Waals surface area contributed by atoms with Crippen molar-refractivity contribution in [2.75, 3.05) is 26.7 Å². The first-order valence-electron chi connectivity index (χ1n) is 5.79. The Bertz CT molecular complexity index is 359. The normalized spacial score (nSPS) is 29.6. The van der Waals surface area contributed by atoms with Crippen LogP contribution < -0.4 is 5.73 Å². The Balaban J connectivity index is 0.00000361. The van der Waals surface area contributed by atoms with Gasteiger partial charge in [0.25, 0.3) is 0 Å². The number of carbonyl (C=O) groups excluding carboxylic acids is 1. The predicted octanol–water partition coefficient (Wildman–Crippen LogP) is -3.48. The second-order valence-corrected chi connectivity index (χ2v) is 4.59. The van der Waals surface area contributed by atoms with Crippen LogP contribution in [-0.2, 0) is 4.79 Å². The fraction of sp³-hybridized carbons (Fsp3) is 0.800. The highest BCUT2D eigenvalue weighted by Crippen LogP contribution is 2.19. The second kappa shape index (κ2) is 7.60. The van der Waals surface area contributed by atoms with Crippen molar-refractivity contribution >= 4 is 24.3 Å². The summed E-state index contributed by atoms with van der Waals surface area (Å²) in [7, 11) is 1.44. The number of rotatable bonds is 3. The van der Waals surface area contributed by atoms with E-state index in [9.17, 15) is 25.2 Å². The highest BCUT2D eigenvalue weighted by atomic mass is 35.5. The van der Waals surface area contributed by atoms with Crippen LogP contribution in [0, 0.1) is 5.41 Å². The van der Waals surface area contributed by atoms with Gasteiger partial charge in [0, 0.05) is 13.6 Å². The molecule has 0 unspecified atom stereocenters. The Labute approximate surface area is 122 Å². The van der Waals surface area contributed by atoms with Gasteiger partial charge in [0.15, 0.2) is 5.96 Å². The van der Waals surface area contributed by atoms with Crippen molar-refractivity contribution in [1.82, 2.24) is 9.80 Å². The molecule has 1 heterocycles. The standard InChI is InChI=1S/C10H20N4O5.ClH/c1-13(10(11)12)3-7(17)14-2-6(16)9(19)8(18)5(14)4-15;/h5-6,8-9,15-16,18-19H,2-4H2,1H3,(H3,11,12);1H/t5-,6+,8-,9-;/m1./s1. The number of β-amino-alcohol motifs (C(OH)–C–C–N with tert-alkyl or cyclic N) is 1. The van der Waals surface area contributed by atoms with E-state index < -0.39 is 36.9 Å². The number of carbonyl (C=O) groups is 1. The van der Waals surface area contributed by atoms with Gasteiger partial charge >= 0.3 is 0 Å². The maximum absolute atomic E-state index is 12.0. The van der Waals surface area contributed by atoms with E-state index in [4.69, 9.17) is 11.1 Å². The molecule has 0 aromatic rings. The number of aliphatic hydroxyl groups is 4. The Morgan fingerprint density at radius 3 is 2.40 bits per heavy atom. The number of amides is 1. The highest BCUT2D eigenvalue weighted by molar-refractivity contribution is 5.85. The number of guanidine groups is 1. The minimum Gasteiger partial charge on any atom is -0.394 e. The zero-order valence-electron chi connectivity index (χ0n) is 11.0. The smallest absolute Gasteiger partial charge is 0.242 e. The van der Waals surface area contributed by atoms with E-state index in [0.717, 1.165) is 4.90 Å². The van der Waals surface area contributed by atoms with Crippen molar-refractivity contribution in [2.45, 2.75) is 24.4 Å². The third-order valence-electron chi connectivity index (χ3n) is 3.21. The summed E-state index contributed by atoms with van der Waals surface area (Å²) in [5.41, 5.74) is 5.21. The van der Waals surface area contributed by atoms with Crippen molar-refractivity contribution in [2.24, 2.45) is 5.73 Å². The molecule has 0 aliphatic carbocycles. The summed E-state index contributed by atoms with van der Waals surface area (Å²) < 4.78 is 0. The van der Waals surface area contributed by atoms with Gasteiger partial charge in [-0.1, -0.05) is 0 Å². The van der Waals surface area contributed by atoms with Crippen LogP contribution in [0.5, 0.6) is 0 Å². The topological polar surface area (TPSA) is 154 Å². The molecule has 1 rings (SSSR count). The molecule has 0 saturated carbocycles. The molecule has 10 heteroatoms. The van der Waals surface area contributed by atoms with Crippen molar-refractivity contribution < 1.29 is 25.2 Å². The molecule has 20 heavy (non-hydrogen) atoms. The van der Waals surface area contributed by atoms with Crippen LogP contribution in [-0.4, -0.2) is 93.2 Å². The first-order chi connectivity index (χ1) is 8.79. The van der Waals surface area contributed by atoms with Crippen molar-refractivity contribution in [3.05, 3.63) is 0 Å². The monoisotopic (exact) mass is 312 g/mol. The molecule has 0 bridgehead atoms. The molecule has 4 atom stereocenters. The Kier molecular flexibility index (Phi) is 7.17. The number of nitrogens with one attached hydrogen (secondary N) is 1. The lowest BCUT2D eigenvalue weighted by Gasteiger charge is -2.43. The van der Waals surface area contributed by atoms with Gasteiger partial charge in [-0.05, 0) is 0 Å². The fourth-order valence-electron chi connectivity index (χ4n) is 1.96. The van der Waals surface area contributed by atoms with E-state index in [1.54, 1.807) is 0 Å². The van der Waals surface area contributed by atoms with Gasteiger partial charge in [-0.3, -0.25) is 10.2 Å². The maximum atomic E-state index is 12.0. The summed E-state index contributed by atoms with van der Waals surface area (Å²) >= 11 is 0. The van der Waals surface area contributed by atoms with Gasteiger partial charge in [0.2, 0.25) is 5.91 Å². The number of likely N-dealkylation sites (tertiary alicyclic amines) is 1. The maximum Gasteiger partial charge on any atom is 0.242 e. The molecule has 9 nitrogen and oxygen atoms in total. The lowest BCUT2D eigenvalue weighted by Crippen LogP contribution is -2.65. The molecule has 0 aromatic heterocycles. The van der Waals surface area contributed by atoms with E-state index in [2.05, 4.69) is 0 Å². The molecular weight excluding hydrogens is 292 g/mol. The SMILES string of the molecule is CN(CC(=O)N1C[C@H](O)[C@@H](O)[C@H](O)[C@H]1CO)C(=N)N.Cl. The molecule has 1 fully saturated rings. The van der Waals surface area contributed by atoms with E-state index >= 15 is 0 Å². The van der Waals surface area contributed by atoms with Crippen LogP contribution in [0.1, 0.15) is 0 Å². The summed E-state index contributed by atoms with van der Waals surface area (Å²) in [6.45, 7) is -0.962. The van der Waals surface area contributed by atoms with E-state index in [0.29, 0.717) is 0 Å². The first-order valence-corrected chi connectivity index (χ1v) is 5.79. The number of piperidine rings is 1. The number of halogens is 1. The fourth-order valence-corrected chi connectivity index (χ4v) is 1.96. The van der Waals surface area contributed by atoms with Crippen LogP contribution in [0.15, 0.2) is 0 Å². The molecule has 118 valence electrons. The zero-order valence-corrected chi connectivity index (χ0v) is 11.8. The first kappa shape index (κ1) is 18.9. The van der Waals surface area contributed by atoms with Gasteiger partial charge in [0.05, 0.1) is 19.2 Å². The van der Waals surface area contributed by atoms with Crippen LogP contribution in [0.4, 0.5) is 0 Å².